The highest BCUT2D eigenvalue weighted by atomic mass is 79.9. The Morgan fingerprint density at radius 2 is 1.92 bits per heavy atom. The zero-order chi connectivity index (χ0) is 17.7. The molecule has 1 atom stereocenters. The van der Waals surface area contributed by atoms with Gasteiger partial charge < -0.3 is 20.1 Å². The summed E-state index contributed by atoms with van der Waals surface area (Å²) in [6.07, 6.45) is 0. The van der Waals surface area contributed by atoms with Crippen molar-refractivity contribution < 1.29 is 19.1 Å². The van der Waals surface area contributed by atoms with Crippen LogP contribution in [0.5, 0.6) is 11.5 Å². The van der Waals surface area contributed by atoms with E-state index in [1.54, 1.807) is 44.4 Å². The SMILES string of the molecule is COc1ccc(NC(=O)C(C)NC(=O)c2ccc(Br)s2)c(OC)c1. The van der Waals surface area contributed by atoms with Crippen molar-refractivity contribution in [1.82, 2.24) is 5.32 Å². The number of ether oxygens (including phenoxy) is 2. The molecule has 0 fully saturated rings. The minimum Gasteiger partial charge on any atom is -0.497 e. The fraction of sp³-hybridized carbons (Fsp3) is 0.250. The summed E-state index contributed by atoms with van der Waals surface area (Å²) in [5.74, 6) is 0.454. The second kappa shape index (κ2) is 8.16. The largest absolute Gasteiger partial charge is 0.497 e. The van der Waals surface area contributed by atoms with Crippen LogP contribution in [0, 0.1) is 0 Å². The maximum Gasteiger partial charge on any atom is 0.262 e. The molecule has 8 heteroatoms. The van der Waals surface area contributed by atoms with Crippen molar-refractivity contribution in [2.75, 3.05) is 19.5 Å². The number of amides is 2. The lowest BCUT2D eigenvalue weighted by Crippen LogP contribution is -2.41. The zero-order valence-corrected chi connectivity index (χ0v) is 15.8. The van der Waals surface area contributed by atoms with Crippen molar-refractivity contribution in [3.05, 3.63) is 39.0 Å². The van der Waals surface area contributed by atoms with Crippen LogP contribution in [0.1, 0.15) is 16.6 Å². The topological polar surface area (TPSA) is 76.7 Å². The fourth-order valence-electron chi connectivity index (χ4n) is 1.91. The summed E-state index contributed by atoms with van der Waals surface area (Å²) in [4.78, 5) is 24.9. The number of anilines is 1. The molecule has 0 saturated heterocycles. The maximum absolute atomic E-state index is 12.3. The molecule has 6 nitrogen and oxygen atoms in total. The van der Waals surface area contributed by atoms with E-state index in [1.165, 1.54) is 18.4 Å². The summed E-state index contributed by atoms with van der Waals surface area (Å²) in [6.45, 7) is 1.62. The van der Waals surface area contributed by atoms with Crippen LogP contribution in [0.15, 0.2) is 34.1 Å². The van der Waals surface area contributed by atoms with Crippen LogP contribution in [0.4, 0.5) is 5.69 Å². The molecule has 1 unspecified atom stereocenters. The van der Waals surface area contributed by atoms with Crippen LogP contribution in [0.3, 0.4) is 0 Å². The molecule has 1 aromatic heterocycles. The standard InChI is InChI=1S/C16H17BrN2O4S/c1-9(18-16(21)13-6-7-14(17)24-13)15(20)19-11-5-4-10(22-2)8-12(11)23-3/h4-9H,1-3H3,(H,18,21)(H,19,20). The van der Waals surface area contributed by atoms with Gasteiger partial charge in [-0.2, -0.15) is 0 Å². The number of nitrogens with one attached hydrogen (secondary N) is 2. The highest BCUT2D eigenvalue weighted by molar-refractivity contribution is 9.11. The molecule has 0 spiro atoms. The van der Waals surface area contributed by atoms with Gasteiger partial charge in [0.1, 0.15) is 17.5 Å². The number of methoxy groups -OCH3 is 2. The van der Waals surface area contributed by atoms with Gasteiger partial charge in [0.15, 0.2) is 0 Å². The van der Waals surface area contributed by atoms with Crippen LogP contribution in [-0.4, -0.2) is 32.1 Å². The summed E-state index contributed by atoms with van der Waals surface area (Å²) in [6, 6.07) is 7.84. The van der Waals surface area contributed by atoms with Gasteiger partial charge in [0.2, 0.25) is 5.91 Å². The smallest absolute Gasteiger partial charge is 0.262 e. The Labute approximate surface area is 152 Å². The molecule has 128 valence electrons. The Morgan fingerprint density at radius 1 is 1.17 bits per heavy atom. The first-order valence-electron chi connectivity index (χ1n) is 7.03. The lowest BCUT2D eigenvalue weighted by Gasteiger charge is -2.16. The quantitative estimate of drug-likeness (QED) is 0.762. The third-order valence-electron chi connectivity index (χ3n) is 3.20. The van der Waals surface area contributed by atoms with Gasteiger partial charge in [-0.25, -0.2) is 0 Å². The number of benzene rings is 1. The molecule has 1 aromatic carbocycles. The van der Waals surface area contributed by atoms with Gasteiger partial charge in [0.25, 0.3) is 5.91 Å². The van der Waals surface area contributed by atoms with E-state index in [0.29, 0.717) is 22.1 Å². The minimum atomic E-state index is -0.704. The molecule has 0 aliphatic heterocycles. The number of halogens is 1. The number of thiophene rings is 1. The summed E-state index contributed by atoms with van der Waals surface area (Å²) < 4.78 is 11.2. The van der Waals surface area contributed by atoms with Crippen LogP contribution >= 0.6 is 27.3 Å². The summed E-state index contributed by atoms with van der Waals surface area (Å²) in [5.41, 5.74) is 0.503. The molecule has 2 amide bonds. The lowest BCUT2D eigenvalue weighted by molar-refractivity contribution is -0.117. The van der Waals surface area contributed by atoms with Crippen molar-refractivity contribution in [2.24, 2.45) is 0 Å². The summed E-state index contributed by atoms with van der Waals surface area (Å²) >= 11 is 4.61. The van der Waals surface area contributed by atoms with Gasteiger partial charge in [0.05, 0.1) is 28.6 Å². The highest BCUT2D eigenvalue weighted by Crippen LogP contribution is 2.29. The van der Waals surface area contributed by atoms with Crippen molar-refractivity contribution in [2.45, 2.75) is 13.0 Å². The van der Waals surface area contributed by atoms with Crippen LogP contribution in [-0.2, 0) is 4.79 Å². The van der Waals surface area contributed by atoms with E-state index in [1.807, 2.05) is 0 Å². The number of hydrogen-bond donors (Lipinski definition) is 2. The number of carbonyl (C=O) groups excluding carboxylic acids is 2. The Kier molecular flexibility index (Phi) is 6.22. The van der Waals surface area contributed by atoms with E-state index >= 15 is 0 Å². The second-order valence-corrected chi connectivity index (χ2v) is 7.32. The van der Waals surface area contributed by atoms with Crippen LogP contribution in [0.2, 0.25) is 0 Å². The van der Waals surface area contributed by atoms with Crippen LogP contribution in [0.25, 0.3) is 0 Å². The van der Waals surface area contributed by atoms with Gasteiger partial charge in [0, 0.05) is 6.07 Å². The molecule has 2 N–H and O–H groups in total. The molecule has 0 saturated carbocycles. The second-order valence-electron chi connectivity index (χ2n) is 4.85. The average Bonchev–Trinajstić information content (AvgIpc) is 3.01. The third kappa shape index (κ3) is 4.48. The van der Waals surface area contributed by atoms with E-state index in [9.17, 15) is 9.59 Å². The van der Waals surface area contributed by atoms with Gasteiger partial charge in [-0.3, -0.25) is 9.59 Å². The van der Waals surface area contributed by atoms with E-state index in [0.717, 1.165) is 3.79 Å². The third-order valence-corrected chi connectivity index (χ3v) is 4.83. The van der Waals surface area contributed by atoms with Gasteiger partial charge >= 0.3 is 0 Å². The predicted molar refractivity (Wildman–Crippen MR) is 97.1 cm³/mol. The normalized spacial score (nSPS) is 11.5. The van der Waals surface area contributed by atoms with Crippen molar-refractivity contribution in [3.63, 3.8) is 0 Å². The first-order chi connectivity index (χ1) is 11.4. The van der Waals surface area contributed by atoms with Crippen molar-refractivity contribution >= 4 is 44.8 Å². The van der Waals surface area contributed by atoms with Gasteiger partial charge in [-0.15, -0.1) is 11.3 Å². The first kappa shape index (κ1) is 18.3. The molecule has 0 bridgehead atoms. The van der Waals surface area contributed by atoms with Gasteiger partial charge in [-0.05, 0) is 47.1 Å². The fourth-order valence-corrected chi connectivity index (χ4v) is 3.20. The number of carbonyl (C=O) groups is 2. The zero-order valence-electron chi connectivity index (χ0n) is 13.4. The van der Waals surface area contributed by atoms with E-state index in [-0.39, 0.29) is 11.8 Å². The predicted octanol–water partition coefficient (Wildman–Crippen LogP) is 3.28. The highest BCUT2D eigenvalue weighted by Gasteiger charge is 2.19. The average molecular weight is 413 g/mol. The number of hydrogen-bond acceptors (Lipinski definition) is 5. The van der Waals surface area contributed by atoms with Crippen LogP contribution < -0.4 is 20.1 Å². The minimum absolute atomic E-state index is 0.296. The Bertz CT molecular complexity index is 747. The Balaban J connectivity index is 2.02. The van der Waals surface area contributed by atoms with Gasteiger partial charge in [-0.1, -0.05) is 0 Å². The molecule has 1 heterocycles. The molecule has 0 aliphatic rings. The molecule has 2 aromatic rings. The van der Waals surface area contributed by atoms with Crippen molar-refractivity contribution in [1.29, 1.82) is 0 Å². The molecule has 2 rings (SSSR count). The molecular formula is C16H17BrN2O4S. The Morgan fingerprint density at radius 3 is 2.50 bits per heavy atom. The lowest BCUT2D eigenvalue weighted by atomic mass is 10.2. The summed E-state index contributed by atoms with van der Waals surface area (Å²) in [7, 11) is 3.05. The molecule has 0 radical (unpaired) electrons. The summed E-state index contributed by atoms with van der Waals surface area (Å²) in [5, 5.41) is 5.40. The number of rotatable bonds is 6. The molecule has 0 aliphatic carbocycles. The van der Waals surface area contributed by atoms with E-state index < -0.39 is 6.04 Å². The van der Waals surface area contributed by atoms with Crippen molar-refractivity contribution in [3.8, 4) is 11.5 Å². The van der Waals surface area contributed by atoms with E-state index in [4.69, 9.17) is 9.47 Å². The molecule has 24 heavy (non-hydrogen) atoms. The Hall–Kier alpha value is -2.06. The first-order valence-corrected chi connectivity index (χ1v) is 8.64. The maximum atomic E-state index is 12.3. The molecular weight excluding hydrogens is 396 g/mol. The monoisotopic (exact) mass is 412 g/mol. The van der Waals surface area contributed by atoms with E-state index in [2.05, 4.69) is 26.6 Å².